The molecule has 4 fully saturated rings. The van der Waals surface area contributed by atoms with Crippen molar-refractivity contribution in [3.05, 3.63) is 47.0 Å². The number of aliphatic hydroxyl groups is 2. The van der Waals surface area contributed by atoms with Gasteiger partial charge in [-0.05, 0) is 87.5 Å². The number of ketones is 1. The molecule has 15 heteroatoms. The Hall–Kier alpha value is -4.34. The van der Waals surface area contributed by atoms with Crippen LogP contribution >= 0.6 is 0 Å². The standard InChI is InChI=1S/C44H59NO14/c1-21-27(56-38(52)32(49)31(26-19-41(26,7)8)45-39(53)59-40(4,5)6)17-25-33(57-37(51)24-15-13-12-14-16-24)35-43(11,28(48)18-29-44(35,20-54-29)58-23(3)47)36(50)34(55-22(2)46)30(21)42(25,9)10/h12-16,25-29,31-35,48-49H,17-20H2,1-11H3,(H,45,53)/t25?,26-,27+,28+,29-,31+,32-,33-,34?,35+,43-,44+/m1/s1. The average molecular weight is 826 g/mol. The molecule has 0 aromatic heterocycles. The molecule has 1 amide bonds. The van der Waals surface area contributed by atoms with Crippen LogP contribution in [-0.2, 0) is 47.6 Å². The molecule has 2 bridgehead atoms. The van der Waals surface area contributed by atoms with Crippen LogP contribution in [-0.4, -0.2) is 106 Å². The molecule has 15 nitrogen and oxygen atoms in total. The molecular weight excluding hydrogens is 766 g/mol. The smallest absolute Gasteiger partial charge is 0.407 e. The van der Waals surface area contributed by atoms with Crippen molar-refractivity contribution >= 4 is 35.8 Å². The quantitative estimate of drug-likeness (QED) is 0.179. The number of benzene rings is 1. The summed E-state index contributed by atoms with van der Waals surface area (Å²) in [6.45, 7) is 17.9. The first-order valence-electron chi connectivity index (χ1n) is 20.3. The zero-order chi connectivity index (χ0) is 43.8. The molecule has 324 valence electrons. The number of ether oxygens (including phenoxy) is 6. The number of esters is 4. The van der Waals surface area contributed by atoms with Gasteiger partial charge in [0.1, 0.15) is 23.9 Å². The van der Waals surface area contributed by atoms with Crippen LogP contribution in [0.25, 0.3) is 0 Å². The van der Waals surface area contributed by atoms with Crippen molar-refractivity contribution in [2.45, 2.75) is 149 Å². The number of amides is 1. The third kappa shape index (κ3) is 7.90. The fraction of sp³-hybridized carbons (Fsp3) is 0.682. The van der Waals surface area contributed by atoms with E-state index in [9.17, 15) is 34.2 Å². The largest absolute Gasteiger partial charge is 0.458 e. The van der Waals surface area contributed by atoms with E-state index in [1.807, 2.05) is 27.7 Å². The van der Waals surface area contributed by atoms with Crippen LogP contribution in [0.5, 0.6) is 0 Å². The second-order valence-electron chi connectivity index (χ2n) is 19.5. The monoisotopic (exact) mass is 825 g/mol. The highest BCUT2D eigenvalue weighted by Gasteiger charge is 2.75. The molecule has 5 aliphatic rings. The van der Waals surface area contributed by atoms with E-state index in [1.54, 1.807) is 58.0 Å². The summed E-state index contributed by atoms with van der Waals surface area (Å²) < 4.78 is 36.1. The summed E-state index contributed by atoms with van der Waals surface area (Å²) in [5, 5.41) is 26.4. The summed E-state index contributed by atoms with van der Waals surface area (Å²) in [4.78, 5) is 82.6. The second kappa shape index (κ2) is 15.3. The summed E-state index contributed by atoms with van der Waals surface area (Å²) in [6.07, 6.45) is -8.65. The maximum Gasteiger partial charge on any atom is 0.407 e. The van der Waals surface area contributed by atoms with E-state index in [1.165, 1.54) is 13.8 Å². The van der Waals surface area contributed by atoms with Crippen molar-refractivity contribution in [2.75, 3.05) is 6.61 Å². The number of Topliss-reactive ketones (excluding diaryl/α,β-unsaturated/α-hetero) is 1. The van der Waals surface area contributed by atoms with E-state index in [4.69, 9.17) is 28.4 Å². The van der Waals surface area contributed by atoms with Gasteiger partial charge >= 0.3 is 30.0 Å². The molecule has 4 aliphatic carbocycles. The van der Waals surface area contributed by atoms with Gasteiger partial charge < -0.3 is 44.0 Å². The highest BCUT2D eigenvalue weighted by Crippen LogP contribution is 2.63. The minimum absolute atomic E-state index is 0.0437. The Morgan fingerprint density at radius 1 is 0.932 bits per heavy atom. The molecule has 6 rings (SSSR count). The number of hydrogen-bond donors (Lipinski definition) is 3. The van der Waals surface area contributed by atoms with E-state index < -0.39 is 112 Å². The molecule has 1 heterocycles. The molecule has 3 N–H and O–H groups in total. The Morgan fingerprint density at radius 3 is 2.08 bits per heavy atom. The number of nitrogens with one attached hydrogen (secondary N) is 1. The number of hydrogen-bond acceptors (Lipinski definition) is 14. The minimum Gasteiger partial charge on any atom is -0.458 e. The highest BCUT2D eigenvalue weighted by molar-refractivity contribution is 5.95. The molecule has 1 aliphatic heterocycles. The van der Waals surface area contributed by atoms with Gasteiger partial charge in [-0.3, -0.25) is 14.4 Å². The van der Waals surface area contributed by atoms with Crippen LogP contribution in [0.3, 0.4) is 0 Å². The summed E-state index contributed by atoms with van der Waals surface area (Å²) in [6, 6.07) is 7.11. The van der Waals surface area contributed by atoms with Crippen molar-refractivity contribution < 1.29 is 67.4 Å². The number of carbonyl (C=O) groups is 6. The zero-order valence-electron chi connectivity index (χ0n) is 35.8. The van der Waals surface area contributed by atoms with E-state index in [2.05, 4.69) is 5.32 Å². The predicted octanol–water partition coefficient (Wildman–Crippen LogP) is 4.39. The first-order valence-corrected chi connectivity index (χ1v) is 20.3. The van der Waals surface area contributed by atoms with Crippen molar-refractivity contribution in [1.82, 2.24) is 5.32 Å². The number of fused-ring (bicyclic) bond motifs is 5. The van der Waals surface area contributed by atoms with E-state index in [0.29, 0.717) is 12.0 Å². The maximum atomic E-state index is 15.4. The average Bonchev–Trinajstić information content (AvgIpc) is 3.76. The fourth-order valence-electron chi connectivity index (χ4n) is 10.4. The minimum atomic E-state index is -1.85. The number of alkyl carbamates (subject to hydrolysis) is 1. The van der Waals surface area contributed by atoms with Crippen LogP contribution in [0.2, 0.25) is 0 Å². The third-order valence-corrected chi connectivity index (χ3v) is 13.5. The van der Waals surface area contributed by atoms with Gasteiger partial charge in [-0.2, -0.15) is 0 Å². The lowest BCUT2D eigenvalue weighted by Crippen LogP contribution is -2.79. The zero-order valence-corrected chi connectivity index (χ0v) is 35.8. The van der Waals surface area contributed by atoms with Gasteiger partial charge in [0, 0.05) is 26.2 Å². The van der Waals surface area contributed by atoms with Gasteiger partial charge in [0.25, 0.3) is 0 Å². The molecule has 2 unspecified atom stereocenters. The molecule has 3 saturated carbocycles. The van der Waals surface area contributed by atoms with Crippen LogP contribution in [0.15, 0.2) is 41.5 Å². The Labute approximate surface area is 344 Å². The van der Waals surface area contributed by atoms with Crippen LogP contribution < -0.4 is 5.32 Å². The molecule has 59 heavy (non-hydrogen) atoms. The Kier molecular flexibility index (Phi) is 11.5. The van der Waals surface area contributed by atoms with Gasteiger partial charge in [0.2, 0.25) is 0 Å². The number of rotatable bonds is 9. The SMILES string of the molecule is CC(=O)OC1C(=O)[C@@]2(C)[C@H]([C@H](OC(=O)c3ccccc3)C3C[C@H](OC(=O)[C@H](O)[C@@H](NC(=O)OC(C)(C)C)[C@H]4CC4(C)C)C(C)=C1C3(C)C)[C@]1(OC(C)=O)CO[C@@H]1C[C@@H]2O. The third-order valence-electron chi connectivity index (χ3n) is 13.5. The number of aliphatic hydroxyl groups excluding tert-OH is 2. The summed E-state index contributed by atoms with van der Waals surface area (Å²) in [5.74, 6) is -6.46. The first kappa shape index (κ1) is 44.2. The topological polar surface area (TPSA) is 210 Å². The van der Waals surface area contributed by atoms with Gasteiger partial charge in [0.05, 0.1) is 35.6 Å². The van der Waals surface area contributed by atoms with Crippen molar-refractivity contribution in [3.8, 4) is 0 Å². The van der Waals surface area contributed by atoms with E-state index in [0.717, 1.165) is 6.92 Å². The first-order chi connectivity index (χ1) is 27.3. The molecule has 12 atom stereocenters. The molecule has 1 aromatic rings. The summed E-state index contributed by atoms with van der Waals surface area (Å²) in [7, 11) is 0. The second-order valence-corrected chi connectivity index (χ2v) is 19.5. The fourth-order valence-corrected chi connectivity index (χ4v) is 10.4. The van der Waals surface area contributed by atoms with Gasteiger partial charge in [-0.15, -0.1) is 0 Å². The van der Waals surface area contributed by atoms with Crippen molar-refractivity contribution in [1.29, 1.82) is 0 Å². The Bertz CT molecular complexity index is 1920. The highest BCUT2D eigenvalue weighted by atomic mass is 16.6. The van der Waals surface area contributed by atoms with Crippen LogP contribution in [0.4, 0.5) is 4.79 Å². The lowest BCUT2D eigenvalue weighted by molar-refractivity contribution is -0.335. The van der Waals surface area contributed by atoms with Crippen molar-refractivity contribution in [2.24, 2.45) is 34.0 Å². The lowest BCUT2D eigenvalue weighted by atomic mass is 9.46. The predicted molar refractivity (Wildman–Crippen MR) is 208 cm³/mol. The summed E-state index contributed by atoms with van der Waals surface area (Å²) in [5.41, 5.74) is -4.92. The Balaban J connectivity index is 1.49. The van der Waals surface area contributed by atoms with Crippen molar-refractivity contribution in [3.63, 3.8) is 0 Å². The van der Waals surface area contributed by atoms with Gasteiger partial charge in [0.15, 0.2) is 23.6 Å². The molecule has 0 spiro atoms. The van der Waals surface area contributed by atoms with Gasteiger partial charge in [-0.25, -0.2) is 14.4 Å². The molecule has 1 saturated heterocycles. The summed E-state index contributed by atoms with van der Waals surface area (Å²) >= 11 is 0. The molecular formula is C44H59NO14. The Morgan fingerprint density at radius 2 is 1.56 bits per heavy atom. The van der Waals surface area contributed by atoms with Gasteiger partial charge in [-0.1, -0.05) is 45.9 Å². The lowest BCUT2D eigenvalue weighted by Gasteiger charge is -2.66. The maximum absolute atomic E-state index is 15.4. The normalized spacial score (nSPS) is 35.1. The molecule has 0 radical (unpaired) electrons. The van der Waals surface area contributed by atoms with Crippen LogP contribution in [0, 0.1) is 34.0 Å². The van der Waals surface area contributed by atoms with E-state index in [-0.39, 0.29) is 41.9 Å². The van der Waals surface area contributed by atoms with Crippen LogP contribution in [0.1, 0.15) is 106 Å². The van der Waals surface area contributed by atoms with E-state index >= 15 is 4.79 Å². The molecule has 1 aromatic carbocycles. The number of carbonyl (C=O) groups excluding carboxylic acids is 6.